The SMILES string of the molecule is O=C(O)CCCCCNc1cccc(F)c1F. The fourth-order valence-corrected chi connectivity index (χ4v) is 1.44. The molecule has 1 rings (SSSR count). The normalized spacial score (nSPS) is 10.2. The maximum atomic E-state index is 13.2. The zero-order chi connectivity index (χ0) is 12.7. The van der Waals surface area contributed by atoms with Crippen molar-refractivity contribution in [1.82, 2.24) is 0 Å². The highest BCUT2D eigenvalue weighted by molar-refractivity contribution is 5.66. The van der Waals surface area contributed by atoms with Crippen molar-refractivity contribution < 1.29 is 18.7 Å². The van der Waals surface area contributed by atoms with Gasteiger partial charge in [0.15, 0.2) is 11.6 Å². The second kappa shape index (κ2) is 6.83. The van der Waals surface area contributed by atoms with E-state index in [4.69, 9.17) is 5.11 Å². The van der Waals surface area contributed by atoms with E-state index in [1.54, 1.807) is 0 Å². The molecule has 0 saturated carbocycles. The van der Waals surface area contributed by atoms with Crippen LogP contribution in [0.2, 0.25) is 0 Å². The van der Waals surface area contributed by atoms with Gasteiger partial charge < -0.3 is 10.4 Å². The van der Waals surface area contributed by atoms with E-state index in [2.05, 4.69) is 5.32 Å². The van der Waals surface area contributed by atoms with Crippen molar-refractivity contribution in [3.8, 4) is 0 Å². The Kier molecular flexibility index (Phi) is 5.39. The quantitative estimate of drug-likeness (QED) is 0.724. The Morgan fingerprint density at radius 2 is 2.00 bits per heavy atom. The van der Waals surface area contributed by atoms with E-state index in [9.17, 15) is 13.6 Å². The maximum absolute atomic E-state index is 13.2. The Morgan fingerprint density at radius 3 is 2.71 bits per heavy atom. The van der Waals surface area contributed by atoms with Gasteiger partial charge in [-0.05, 0) is 25.0 Å². The molecule has 0 aromatic heterocycles. The summed E-state index contributed by atoms with van der Waals surface area (Å²) >= 11 is 0. The lowest BCUT2D eigenvalue weighted by Crippen LogP contribution is -2.04. The molecular weight excluding hydrogens is 228 g/mol. The molecule has 3 nitrogen and oxygen atoms in total. The fourth-order valence-electron chi connectivity index (χ4n) is 1.44. The number of halogens is 2. The van der Waals surface area contributed by atoms with Crippen LogP contribution in [0.15, 0.2) is 18.2 Å². The van der Waals surface area contributed by atoms with Gasteiger partial charge in [-0.1, -0.05) is 12.5 Å². The average Bonchev–Trinajstić information content (AvgIpc) is 2.28. The molecule has 1 aromatic rings. The summed E-state index contributed by atoms with van der Waals surface area (Å²) < 4.78 is 26.0. The smallest absolute Gasteiger partial charge is 0.303 e. The van der Waals surface area contributed by atoms with Crippen molar-refractivity contribution in [2.45, 2.75) is 25.7 Å². The van der Waals surface area contributed by atoms with Crippen LogP contribution in [0.25, 0.3) is 0 Å². The Hall–Kier alpha value is -1.65. The standard InChI is InChI=1S/C12H15F2NO2/c13-9-5-4-6-10(12(9)14)15-8-3-1-2-7-11(16)17/h4-6,15H,1-3,7-8H2,(H,16,17). The predicted octanol–water partition coefficient (Wildman–Crippen LogP) is 3.02. The highest BCUT2D eigenvalue weighted by Crippen LogP contribution is 2.16. The number of anilines is 1. The van der Waals surface area contributed by atoms with E-state index in [0.717, 1.165) is 18.9 Å². The van der Waals surface area contributed by atoms with Crippen LogP contribution in [0.1, 0.15) is 25.7 Å². The minimum Gasteiger partial charge on any atom is -0.481 e. The van der Waals surface area contributed by atoms with Crippen LogP contribution >= 0.6 is 0 Å². The first-order valence-corrected chi connectivity index (χ1v) is 5.51. The number of benzene rings is 1. The molecule has 0 saturated heterocycles. The average molecular weight is 243 g/mol. The lowest BCUT2D eigenvalue weighted by Gasteiger charge is -2.07. The number of rotatable bonds is 7. The molecule has 0 amide bonds. The van der Waals surface area contributed by atoms with Gasteiger partial charge in [0.1, 0.15) is 0 Å². The topological polar surface area (TPSA) is 49.3 Å². The molecule has 94 valence electrons. The molecule has 0 bridgehead atoms. The number of nitrogens with one attached hydrogen (secondary N) is 1. The fraction of sp³-hybridized carbons (Fsp3) is 0.417. The van der Waals surface area contributed by atoms with Crippen molar-refractivity contribution in [3.63, 3.8) is 0 Å². The molecule has 2 N–H and O–H groups in total. The summed E-state index contributed by atoms with van der Waals surface area (Å²) in [5, 5.41) is 11.2. The number of carboxylic acids is 1. The number of carbonyl (C=O) groups is 1. The summed E-state index contributed by atoms with van der Waals surface area (Å²) in [6, 6.07) is 3.97. The van der Waals surface area contributed by atoms with Crippen LogP contribution in [0, 0.1) is 11.6 Å². The molecule has 0 aliphatic carbocycles. The van der Waals surface area contributed by atoms with E-state index in [-0.39, 0.29) is 12.1 Å². The van der Waals surface area contributed by atoms with Crippen molar-refractivity contribution >= 4 is 11.7 Å². The van der Waals surface area contributed by atoms with Gasteiger partial charge in [-0.2, -0.15) is 0 Å². The van der Waals surface area contributed by atoms with Crippen molar-refractivity contribution in [3.05, 3.63) is 29.8 Å². The highest BCUT2D eigenvalue weighted by Gasteiger charge is 2.06. The molecule has 0 unspecified atom stereocenters. The molecule has 0 fully saturated rings. The van der Waals surface area contributed by atoms with E-state index >= 15 is 0 Å². The first kappa shape index (κ1) is 13.4. The molecule has 17 heavy (non-hydrogen) atoms. The first-order valence-electron chi connectivity index (χ1n) is 5.51. The van der Waals surface area contributed by atoms with Crippen LogP contribution in [-0.2, 0) is 4.79 Å². The molecule has 0 atom stereocenters. The van der Waals surface area contributed by atoms with Gasteiger partial charge >= 0.3 is 5.97 Å². The van der Waals surface area contributed by atoms with Gasteiger partial charge in [0, 0.05) is 13.0 Å². The minimum atomic E-state index is -0.877. The van der Waals surface area contributed by atoms with E-state index in [1.807, 2.05) is 0 Å². The number of unbranched alkanes of at least 4 members (excludes halogenated alkanes) is 2. The number of aliphatic carboxylic acids is 1. The summed E-state index contributed by atoms with van der Waals surface area (Å²) in [7, 11) is 0. The van der Waals surface area contributed by atoms with Crippen LogP contribution < -0.4 is 5.32 Å². The largest absolute Gasteiger partial charge is 0.481 e. The summed E-state index contributed by atoms with van der Waals surface area (Å²) in [6.45, 7) is 0.500. The van der Waals surface area contributed by atoms with Gasteiger partial charge in [-0.15, -0.1) is 0 Å². The van der Waals surface area contributed by atoms with Gasteiger partial charge in [0.2, 0.25) is 0 Å². The minimum absolute atomic E-state index is 0.142. The number of hydrogen-bond donors (Lipinski definition) is 2. The molecule has 0 aliphatic rings. The van der Waals surface area contributed by atoms with Crippen molar-refractivity contribution in [2.75, 3.05) is 11.9 Å². The van der Waals surface area contributed by atoms with Gasteiger partial charge in [-0.25, -0.2) is 8.78 Å². The monoisotopic (exact) mass is 243 g/mol. The summed E-state index contributed by atoms with van der Waals surface area (Å²) in [4.78, 5) is 10.2. The van der Waals surface area contributed by atoms with Crippen molar-refractivity contribution in [2.24, 2.45) is 0 Å². The van der Waals surface area contributed by atoms with Crippen LogP contribution in [0.4, 0.5) is 14.5 Å². The highest BCUT2D eigenvalue weighted by atomic mass is 19.2. The van der Waals surface area contributed by atoms with Gasteiger partial charge in [-0.3, -0.25) is 4.79 Å². The summed E-state index contributed by atoms with van der Waals surface area (Å²) in [5.74, 6) is -2.56. The maximum Gasteiger partial charge on any atom is 0.303 e. The second-order valence-electron chi connectivity index (χ2n) is 3.73. The Morgan fingerprint density at radius 1 is 1.24 bits per heavy atom. The van der Waals surface area contributed by atoms with Crippen LogP contribution in [0.3, 0.4) is 0 Å². The zero-order valence-corrected chi connectivity index (χ0v) is 9.38. The van der Waals surface area contributed by atoms with E-state index < -0.39 is 17.6 Å². The molecule has 1 aromatic carbocycles. The van der Waals surface area contributed by atoms with Gasteiger partial charge in [0.25, 0.3) is 0 Å². The number of hydrogen-bond acceptors (Lipinski definition) is 2. The van der Waals surface area contributed by atoms with E-state index in [0.29, 0.717) is 13.0 Å². The predicted molar refractivity (Wildman–Crippen MR) is 61.0 cm³/mol. The summed E-state index contributed by atoms with van der Waals surface area (Å²) in [5.41, 5.74) is 0.142. The lowest BCUT2D eigenvalue weighted by atomic mass is 10.2. The van der Waals surface area contributed by atoms with Crippen LogP contribution in [0.5, 0.6) is 0 Å². The molecule has 0 radical (unpaired) electrons. The Labute approximate surface area is 98.5 Å². The first-order chi connectivity index (χ1) is 8.11. The molecular formula is C12H15F2NO2. The van der Waals surface area contributed by atoms with E-state index in [1.165, 1.54) is 12.1 Å². The third kappa shape index (κ3) is 4.80. The third-order valence-electron chi connectivity index (χ3n) is 2.33. The third-order valence-corrected chi connectivity index (χ3v) is 2.33. The zero-order valence-electron chi connectivity index (χ0n) is 9.38. The van der Waals surface area contributed by atoms with Gasteiger partial charge in [0.05, 0.1) is 5.69 Å². The lowest BCUT2D eigenvalue weighted by molar-refractivity contribution is -0.137. The molecule has 0 heterocycles. The van der Waals surface area contributed by atoms with Crippen molar-refractivity contribution in [1.29, 1.82) is 0 Å². The number of carboxylic acid groups (broad SMARTS) is 1. The Balaban J connectivity index is 2.22. The molecule has 5 heteroatoms. The molecule has 0 spiro atoms. The summed E-state index contributed by atoms with van der Waals surface area (Å²) in [6.07, 6.45) is 2.22. The Bertz CT molecular complexity index is 383. The second-order valence-corrected chi connectivity index (χ2v) is 3.73. The van der Waals surface area contributed by atoms with Crippen LogP contribution in [-0.4, -0.2) is 17.6 Å². The molecule has 0 aliphatic heterocycles.